The number of hydrogen-bond acceptors (Lipinski definition) is 3. The lowest BCUT2D eigenvalue weighted by Crippen LogP contribution is -1.83. The molecule has 1 aromatic heterocycles. The number of hydrogen-bond donors (Lipinski definition) is 1. The van der Waals surface area contributed by atoms with Crippen LogP contribution in [0.4, 0.5) is 0 Å². The van der Waals surface area contributed by atoms with Gasteiger partial charge in [0.1, 0.15) is 10.8 Å². The zero-order chi connectivity index (χ0) is 13.2. The number of nitrogens with zero attached hydrogens (tertiary/aromatic N) is 1. The van der Waals surface area contributed by atoms with E-state index in [0.29, 0.717) is 0 Å². The highest BCUT2D eigenvalue weighted by molar-refractivity contribution is 7.13. The molecule has 0 fully saturated rings. The minimum absolute atomic E-state index is 0.271. The van der Waals surface area contributed by atoms with Crippen LogP contribution in [0.3, 0.4) is 0 Å². The SMILES string of the molecule is Cc1ccccc1-c1csc(-c2ccccc2O)n1. The number of aromatic nitrogens is 1. The third-order valence-corrected chi connectivity index (χ3v) is 3.94. The topological polar surface area (TPSA) is 33.1 Å². The molecule has 0 aliphatic heterocycles. The molecular weight excluding hydrogens is 254 g/mol. The number of thiazole rings is 1. The van der Waals surface area contributed by atoms with E-state index in [1.54, 1.807) is 17.4 Å². The van der Waals surface area contributed by atoms with Crippen molar-refractivity contribution in [2.45, 2.75) is 6.92 Å². The highest BCUT2D eigenvalue weighted by Gasteiger charge is 2.10. The van der Waals surface area contributed by atoms with Gasteiger partial charge in [0.25, 0.3) is 0 Å². The van der Waals surface area contributed by atoms with Crippen molar-refractivity contribution in [1.29, 1.82) is 0 Å². The van der Waals surface area contributed by atoms with Gasteiger partial charge >= 0.3 is 0 Å². The first kappa shape index (κ1) is 11.9. The van der Waals surface area contributed by atoms with Crippen molar-refractivity contribution in [3.63, 3.8) is 0 Å². The second-order valence-corrected chi connectivity index (χ2v) is 5.23. The number of phenolic OH excluding ortho intramolecular Hbond substituents is 1. The summed E-state index contributed by atoms with van der Waals surface area (Å²) in [6.45, 7) is 2.08. The van der Waals surface area contributed by atoms with Crippen LogP contribution in [0.15, 0.2) is 53.9 Å². The largest absolute Gasteiger partial charge is 0.507 e. The van der Waals surface area contributed by atoms with Gasteiger partial charge in [-0.15, -0.1) is 11.3 Å². The molecule has 3 heteroatoms. The van der Waals surface area contributed by atoms with Gasteiger partial charge in [0.05, 0.1) is 11.3 Å². The maximum atomic E-state index is 9.87. The molecule has 0 atom stereocenters. The summed E-state index contributed by atoms with van der Waals surface area (Å²) in [6.07, 6.45) is 0. The molecule has 2 nitrogen and oxygen atoms in total. The lowest BCUT2D eigenvalue weighted by atomic mass is 10.1. The Labute approximate surface area is 116 Å². The molecule has 0 saturated carbocycles. The normalized spacial score (nSPS) is 10.6. The number of aromatic hydroxyl groups is 1. The lowest BCUT2D eigenvalue weighted by molar-refractivity contribution is 0.477. The molecule has 1 N–H and O–H groups in total. The van der Waals surface area contributed by atoms with E-state index in [0.717, 1.165) is 21.8 Å². The van der Waals surface area contributed by atoms with Crippen LogP contribution >= 0.6 is 11.3 Å². The van der Waals surface area contributed by atoms with Crippen molar-refractivity contribution < 1.29 is 5.11 Å². The van der Waals surface area contributed by atoms with Gasteiger partial charge in [-0.1, -0.05) is 36.4 Å². The van der Waals surface area contributed by atoms with E-state index in [2.05, 4.69) is 24.0 Å². The first-order chi connectivity index (χ1) is 9.25. The first-order valence-corrected chi connectivity index (χ1v) is 6.93. The molecule has 0 saturated heterocycles. The molecule has 3 rings (SSSR count). The standard InChI is InChI=1S/C16H13NOS/c1-11-6-2-3-7-12(11)14-10-19-16(17-14)13-8-4-5-9-15(13)18/h2-10,18H,1H3. The number of phenols is 1. The van der Waals surface area contributed by atoms with E-state index in [1.807, 2.05) is 35.7 Å². The van der Waals surface area contributed by atoms with E-state index >= 15 is 0 Å². The van der Waals surface area contributed by atoms with Crippen LogP contribution in [0.25, 0.3) is 21.8 Å². The second-order valence-electron chi connectivity index (χ2n) is 4.37. The zero-order valence-electron chi connectivity index (χ0n) is 10.5. The summed E-state index contributed by atoms with van der Waals surface area (Å²) in [5.41, 5.74) is 4.09. The summed E-state index contributed by atoms with van der Waals surface area (Å²) < 4.78 is 0. The fourth-order valence-electron chi connectivity index (χ4n) is 2.04. The summed E-state index contributed by atoms with van der Waals surface area (Å²) in [5.74, 6) is 0.271. The van der Waals surface area contributed by atoms with Gasteiger partial charge in [-0.05, 0) is 24.6 Å². The van der Waals surface area contributed by atoms with Crippen molar-refractivity contribution in [3.8, 4) is 27.6 Å². The maximum Gasteiger partial charge on any atom is 0.127 e. The molecular formula is C16H13NOS. The summed E-state index contributed by atoms with van der Waals surface area (Å²) in [6, 6.07) is 15.5. The monoisotopic (exact) mass is 267 g/mol. The Kier molecular flexibility index (Phi) is 3.05. The van der Waals surface area contributed by atoms with E-state index in [1.165, 1.54) is 5.56 Å². The predicted octanol–water partition coefficient (Wildman–Crippen LogP) is 4.49. The van der Waals surface area contributed by atoms with Gasteiger partial charge in [0.15, 0.2) is 0 Å². The number of rotatable bonds is 2. The fourth-order valence-corrected chi connectivity index (χ4v) is 2.89. The minimum Gasteiger partial charge on any atom is -0.507 e. The van der Waals surface area contributed by atoms with Crippen LogP contribution in [-0.4, -0.2) is 10.1 Å². The highest BCUT2D eigenvalue weighted by atomic mass is 32.1. The minimum atomic E-state index is 0.271. The third kappa shape index (κ3) is 2.25. The van der Waals surface area contributed by atoms with Crippen LogP contribution < -0.4 is 0 Å². The number of aryl methyl sites for hydroxylation is 1. The number of para-hydroxylation sites is 1. The van der Waals surface area contributed by atoms with E-state index in [4.69, 9.17) is 0 Å². The Morgan fingerprint density at radius 2 is 1.63 bits per heavy atom. The van der Waals surface area contributed by atoms with E-state index in [-0.39, 0.29) is 5.75 Å². The average Bonchev–Trinajstić information content (AvgIpc) is 2.89. The van der Waals surface area contributed by atoms with Crippen LogP contribution in [0.1, 0.15) is 5.56 Å². The number of benzene rings is 2. The lowest BCUT2D eigenvalue weighted by Gasteiger charge is -2.01. The van der Waals surface area contributed by atoms with Crippen molar-refractivity contribution in [2.24, 2.45) is 0 Å². The molecule has 19 heavy (non-hydrogen) atoms. The second kappa shape index (κ2) is 4.86. The highest BCUT2D eigenvalue weighted by Crippen LogP contribution is 2.34. The average molecular weight is 267 g/mol. The quantitative estimate of drug-likeness (QED) is 0.742. The van der Waals surface area contributed by atoms with Crippen LogP contribution in [0.5, 0.6) is 5.75 Å². The molecule has 0 aliphatic rings. The Balaban J connectivity index is 2.06. The molecule has 0 unspecified atom stereocenters. The van der Waals surface area contributed by atoms with Crippen LogP contribution in [-0.2, 0) is 0 Å². The molecule has 0 aliphatic carbocycles. The van der Waals surface area contributed by atoms with Crippen molar-refractivity contribution in [3.05, 3.63) is 59.5 Å². The predicted molar refractivity (Wildman–Crippen MR) is 79.4 cm³/mol. The zero-order valence-corrected chi connectivity index (χ0v) is 11.3. The van der Waals surface area contributed by atoms with Crippen LogP contribution in [0, 0.1) is 6.92 Å². The Hall–Kier alpha value is -2.13. The summed E-state index contributed by atoms with van der Waals surface area (Å²) in [7, 11) is 0. The van der Waals surface area contributed by atoms with Crippen molar-refractivity contribution in [2.75, 3.05) is 0 Å². The Morgan fingerprint density at radius 3 is 2.37 bits per heavy atom. The summed E-state index contributed by atoms with van der Waals surface area (Å²) >= 11 is 1.55. The maximum absolute atomic E-state index is 9.87. The molecule has 1 heterocycles. The van der Waals surface area contributed by atoms with E-state index in [9.17, 15) is 5.11 Å². The smallest absolute Gasteiger partial charge is 0.127 e. The van der Waals surface area contributed by atoms with Gasteiger partial charge in [0, 0.05) is 10.9 Å². The molecule has 0 bridgehead atoms. The molecule has 0 radical (unpaired) electrons. The summed E-state index contributed by atoms with van der Waals surface area (Å²) in [5, 5.41) is 12.7. The van der Waals surface area contributed by atoms with Gasteiger partial charge in [-0.2, -0.15) is 0 Å². The van der Waals surface area contributed by atoms with Gasteiger partial charge in [0.2, 0.25) is 0 Å². The molecule has 2 aromatic carbocycles. The summed E-state index contributed by atoms with van der Waals surface area (Å²) in [4.78, 5) is 4.63. The van der Waals surface area contributed by atoms with Gasteiger partial charge in [-0.3, -0.25) is 0 Å². The van der Waals surface area contributed by atoms with E-state index < -0.39 is 0 Å². The molecule has 3 aromatic rings. The fraction of sp³-hybridized carbons (Fsp3) is 0.0625. The third-order valence-electron chi connectivity index (χ3n) is 3.06. The molecule has 0 amide bonds. The van der Waals surface area contributed by atoms with Crippen molar-refractivity contribution in [1.82, 2.24) is 4.98 Å². The van der Waals surface area contributed by atoms with Gasteiger partial charge < -0.3 is 5.11 Å². The van der Waals surface area contributed by atoms with Gasteiger partial charge in [-0.25, -0.2) is 4.98 Å². The molecule has 94 valence electrons. The molecule has 0 spiro atoms. The first-order valence-electron chi connectivity index (χ1n) is 6.05. The Bertz CT molecular complexity index is 658. The van der Waals surface area contributed by atoms with Crippen LogP contribution in [0.2, 0.25) is 0 Å². The Morgan fingerprint density at radius 1 is 0.947 bits per heavy atom. The van der Waals surface area contributed by atoms with Crippen molar-refractivity contribution >= 4 is 11.3 Å².